The Morgan fingerprint density at radius 2 is 2.27 bits per heavy atom. The second-order valence-electron chi connectivity index (χ2n) is 5.04. The Bertz CT molecular complexity index is 216. The van der Waals surface area contributed by atoms with Crippen LogP contribution >= 0.6 is 0 Å². The first-order chi connectivity index (χ1) is 7.18. The van der Waals surface area contributed by atoms with Crippen LogP contribution in [0.2, 0.25) is 0 Å². The van der Waals surface area contributed by atoms with Crippen molar-refractivity contribution in [2.75, 3.05) is 46.4 Å². The second kappa shape index (κ2) is 4.37. The summed E-state index contributed by atoms with van der Waals surface area (Å²) in [5.41, 5.74) is 6.09. The number of rotatable bonds is 2. The molecular weight excluding hydrogens is 190 g/mol. The number of ether oxygens (including phenoxy) is 1. The summed E-state index contributed by atoms with van der Waals surface area (Å²) in [5, 5.41) is 0. The molecule has 0 saturated carbocycles. The number of likely N-dealkylation sites (N-methyl/N-ethyl adjacent to an activating group) is 1. The van der Waals surface area contributed by atoms with Gasteiger partial charge < -0.3 is 15.4 Å². The van der Waals surface area contributed by atoms with Crippen molar-refractivity contribution < 1.29 is 4.74 Å². The molecule has 0 aromatic carbocycles. The molecule has 2 unspecified atom stereocenters. The highest BCUT2D eigenvalue weighted by Gasteiger charge is 2.42. The van der Waals surface area contributed by atoms with Gasteiger partial charge in [0.1, 0.15) is 0 Å². The summed E-state index contributed by atoms with van der Waals surface area (Å²) in [6.45, 7) is 8.12. The molecular formula is C11H23N3O. The molecule has 0 radical (unpaired) electrons. The average Bonchev–Trinajstić information content (AvgIpc) is 2.67. The molecule has 2 N–H and O–H groups in total. The van der Waals surface area contributed by atoms with Crippen LogP contribution in [0.5, 0.6) is 0 Å². The molecule has 15 heavy (non-hydrogen) atoms. The Hall–Kier alpha value is -0.160. The van der Waals surface area contributed by atoms with E-state index in [0.29, 0.717) is 6.04 Å². The molecule has 2 rings (SSSR count). The van der Waals surface area contributed by atoms with Crippen LogP contribution in [0.15, 0.2) is 0 Å². The van der Waals surface area contributed by atoms with Crippen LogP contribution in [-0.2, 0) is 4.74 Å². The van der Waals surface area contributed by atoms with E-state index in [0.717, 1.165) is 45.8 Å². The number of piperazine rings is 1. The summed E-state index contributed by atoms with van der Waals surface area (Å²) in [6.07, 6.45) is 1.09. The van der Waals surface area contributed by atoms with Crippen molar-refractivity contribution in [3.8, 4) is 0 Å². The first kappa shape index (κ1) is 11.3. The van der Waals surface area contributed by atoms with E-state index in [9.17, 15) is 0 Å². The zero-order valence-corrected chi connectivity index (χ0v) is 9.91. The van der Waals surface area contributed by atoms with Gasteiger partial charge in [-0.3, -0.25) is 4.90 Å². The van der Waals surface area contributed by atoms with Crippen molar-refractivity contribution in [2.24, 2.45) is 5.73 Å². The number of nitrogens with zero attached hydrogens (tertiary/aromatic N) is 2. The zero-order chi connectivity index (χ0) is 10.9. The molecule has 4 nitrogen and oxygen atoms in total. The maximum absolute atomic E-state index is 5.96. The smallest absolute Gasteiger partial charge is 0.0663 e. The van der Waals surface area contributed by atoms with E-state index in [1.807, 2.05) is 0 Å². The highest BCUT2D eigenvalue weighted by atomic mass is 16.5. The molecule has 2 saturated heterocycles. The Labute approximate surface area is 92.4 Å². The van der Waals surface area contributed by atoms with Gasteiger partial charge in [0.15, 0.2) is 0 Å². The summed E-state index contributed by atoms with van der Waals surface area (Å²) in [4.78, 5) is 4.96. The topological polar surface area (TPSA) is 41.7 Å². The van der Waals surface area contributed by atoms with E-state index < -0.39 is 0 Å². The van der Waals surface area contributed by atoms with Crippen LogP contribution in [0.3, 0.4) is 0 Å². The fourth-order valence-electron chi connectivity index (χ4n) is 2.95. The molecule has 2 atom stereocenters. The minimum atomic E-state index is 0.126. The van der Waals surface area contributed by atoms with E-state index >= 15 is 0 Å². The van der Waals surface area contributed by atoms with Crippen LogP contribution in [0.4, 0.5) is 0 Å². The number of hydrogen-bond donors (Lipinski definition) is 1. The van der Waals surface area contributed by atoms with Gasteiger partial charge in [-0.25, -0.2) is 0 Å². The first-order valence-electron chi connectivity index (χ1n) is 5.91. The fraction of sp³-hybridized carbons (Fsp3) is 1.00. The first-order valence-corrected chi connectivity index (χ1v) is 5.91. The van der Waals surface area contributed by atoms with Gasteiger partial charge in [0.05, 0.1) is 12.1 Å². The Morgan fingerprint density at radius 1 is 1.47 bits per heavy atom. The van der Waals surface area contributed by atoms with Gasteiger partial charge in [0.25, 0.3) is 0 Å². The third-order valence-corrected chi connectivity index (χ3v) is 3.90. The van der Waals surface area contributed by atoms with Crippen molar-refractivity contribution in [1.29, 1.82) is 0 Å². The highest BCUT2D eigenvalue weighted by molar-refractivity contribution is 4.99. The second-order valence-corrected chi connectivity index (χ2v) is 5.04. The predicted molar refractivity (Wildman–Crippen MR) is 60.9 cm³/mol. The quantitative estimate of drug-likeness (QED) is 0.686. The summed E-state index contributed by atoms with van der Waals surface area (Å²) >= 11 is 0. The molecule has 0 spiro atoms. The zero-order valence-electron chi connectivity index (χ0n) is 9.91. The van der Waals surface area contributed by atoms with Gasteiger partial charge in [-0.05, 0) is 20.4 Å². The molecule has 0 aromatic rings. The Morgan fingerprint density at radius 3 is 2.80 bits per heavy atom. The molecule has 2 heterocycles. The predicted octanol–water partition coefficient (Wildman–Crippen LogP) is -0.260. The van der Waals surface area contributed by atoms with Crippen molar-refractivity contribution >= 4 is 0 Å². The lowest BCUT2D eigenvalue weighted by Gasteiger charge is -2.48. The van der Waals surface area contributed by atoms with E-state index in [1.165, 1.54) is 0 Å². The Kier molecular flexibility index (Phi) is 3.30. The summed E-state index contributed by atoms with van der Waals surface area (Å²) < 4.78 is 5.54. The normalized spacial score (nSPS) is 39.8. The largest absolute Gasteiger partial charge is 0.379 e. The molecule has 2 aliphatic heterocycles. The van der Waals surface area contributed by atoms with Gasteiger partial charge in [0, 0.05) is 38.8 Å². The lowest BCUT2D eigenvalue weighted by Crippen LogP contribution is -2.63. The summed E-state index contributed by atoms with van der Waals surface area (Å²) in [5.74, 6) is 0. The van der Waals surface area contributed by atoms with Crippen molar-refractivity contribution in [3.63, 3.8) is 0 Å². The van der Waals surface area contributed by atoms with Crippen LogP contribution in [0, 0.1) is 0 Å². The fourth-order valence-corrected chi connectivity index (χ4v) is 2.95. The molecule has 4 heteroatoms. The molecule has 0 aliphatic carbocycles. The Balaban J connectivity index is 2.07. The summed E-state index contributed by atoms with van der Waals surface area (Å²) in [7, 11) is 2.19. The van der Waals surface area contributed by atoms with E-state index in [1.54, 1.807) is 0 Å². The highest BCUT2D eigenvalue weighted by Crippen LogP contribution is 2.28. The monoisotopic (exact) mass is 213 g/mol. The van der Waals surface area contributed by atoms with Crippen molar-refractivity contribution in [3.05, 3.63) is 0 Å². The standard InChI is InChI=1S/C11H23N3O/c1-10-7-13(2)4-5-14(10)11(8-12)3-6-15-9-11/h10H,3-9,12H2,1-2H3. The van der Waals surface area contributed by atoms with Crippen LogP contribution in [0.1, 0.15) is 13.3 Å². The lowest BCUT2D eigenvalue weighted by molar-refractivity contribution is -0.00256. The molecule has 0 bridgehead atoms. The third-order valence-electron chi connectivity index (χ3n) is 3.90. The van der Waals surface area contributed by atoms with Crippen molar-refractivity contribution in [1.82, 2.24) is 9.80 Å². The van der Waals surface area contributed by atoms with Gasteiger partial charge in [-0.15, -0.1) is 0 Å². The van der Waals surface area contributed by atoms with Crippen LogP contribution in [0.25, 0.3) is 0 Å². The molecule has 88 valence electrons. The number of hydrogen-bond acceptors (Lipinski definition) is 4. The molecule has 2 fully saturated rings. The maximum atomic E-state index is 5.96. The maximum Gasteiger partial charge on any atom is 0.0663 e. The number of nitrogens with two attached hydrogens (primary N) is 1. The minimum Gasteiger partial charge on any atom is -0.379 e. The van der Waals surface area contributed by atoms with Gasteiger partial charge in [-0.2, -0.15) is 0 Å². The van der Waals surface area contributed by atoms with Crippen molar-refractivity contribution in [2.45, 2.75) is 24.9 Å². The third kappa shape index (κ3) is 2.04. The van der Waals surface area contributed by atoms with E-state index in [-0.39, 0.29) is 5.54 Å². The van der Waals surface area contributed by atoms with Gasteiger partial charge in [-0.1, -0.05) is 0 Å². The summed E-state index contributed by atoms with van der Waals surface area (Å²) in [6, 6.07) is 0.592. The van der Waals surface area contributed by atoms with E-state index in [4.69, 9.17) is 10.5 Å². The van der Waals surface area contributed by atoms with Crippen LogP contribution in [-0.4, -0.2) is 67.8 Å². The lowest BCUT2D eigenvalue weighted by atomic mass is 9.93. The molecule has 2 aliphatic rings. The van der Waals surface area contributed by atoms with Gasteiger partial charge >= 0.3 is 0 Å². The molecule has 0 amide bonds. The van der Waals surface area contributed by atoms with Crippen LogP contribution < -0.4 is 5.73 Å². The average molecular weight is 213 g/mol. The SMILES string of the molecule is CC1CN(C)CCN1C1(CN)CCOC1. The van der Waals surface area contributed by atoms with E-state index in [2.05, 4.69) is 23.8 Å². The minimum absolute atomic E-state index is 0.126. The molecule has 0 aromatic heterocycles. The van der Waals surface area contributed by atoms with Gasteiger partial charge in [0.2, 0.25) is 0 Å².